The van der Waals surface area contributed by atoms with Crippen LogP contribution in [0, 0.1) is 0 Å². The van der Waals surface area contributed by atoms with Crippen LogP contribution in [0.5, 0.6) is 0 Å². The molecule has 16 rings (SSSR count). The molecule has 0 saturated heterocycles. The Balaban J connectivity index is 0.887. The van der Waals surface area contributed by atoms with Crippen LogP contribution in [0.15, 0.2) is 239 Å². The van der Waals surface area contributed by atoms with Crippen molar-refractivity contribution in [2.45, 2.75) is 0 Å². The monoisotopic (exact) mass is 918 g/mol. The van der Waals surface area contributed by atoms with Crippen LogP contribution in [-0.4, -0.2) is 19.1 Å². The molecule has 0 fully saturated rings. The molecule has 72 heavy (non-hydrogen) atoms. The molecule has 0 bridgehead atoms. The molecule has 0 atom stereocenters. The molecule has 16 aromatic rings. The largest absolute Gasteiger partial charge is 0.456 e. The van der Waals surface area contributed by atoms with E-state index in [4.69, 9.17) is 18.8 Å². The van der Waals surface area contributed by atoms with Crippen molar-refractivity contribution in [3.8, 4) is 45.1 Å². The van der Waals surface area contributed by atoms with Crippen molar-refractivity contribution in [1.29, 1.82) is 0 Å². The number of furan rings is 2. The molecule has 0 unspecified atom stereocenters. The van der Waals surface area contributed by atoms with Crippen molar-refractivity contribution in [2.75, 3.05) is 0 Å². The van der Waals surface area contributed by atoms with Crippen LogP contribution in [0.4, 0.5) is 0 Å². The van der Waals surface area contributed by atoms with Gasteiger partial charge in [-0.2, -0.15) is 0 Å². The predicted molar refractivity (Wildman–Crippen MR) is 297 cm³/mol. The van der Waals surface area contributed by atoms with Gasteiger partial charge in [0.25, 0.3) is 0 Å². The summed E-state index contributed by atoms with van der Waals surface area (Å²) >= 11 is 0. The number of rotatable bonds is 5. The van der Waals surface area contributed by atoms with Crippen LogP contribution in [-0.2, 0) is 0 Å². The van der Waals surface area contributed by atoms with Gasteiger partial charge in [0, 0.05) is 59.7 Å². The number of hydrogen-bond donors (Lipinski definition) is 0. The van der Waals surface area contributed by atoms with Gasteiger partial charge < -0.3 is 13.4 Å². The van der Waals surface area contributed by atoms with Gasteiger partial charge in [0.15, 0.2) is 0 Å². The van der Waals surface area contributed by atoms with Crippen LogP contribution in [0.2, 0.25) is 0 Å². The number of para-hydroxylation sites is 5. The molecule has 0 amide bonds. The average molecular weight is 919 g/mol. The van der Waals surface area contributed by atoms with Gasteiger partial charge in [0.2, 0.25) is 5.95 Å². The zero-order chi connectivity index (χ0) is 47.0. The predicted octanol–water partition coefficient (Wildman–Crippen LogP) is 17.8. The molecule has 0 N–H and O–H groups in total. The van der Waals surface area contributed by atoms with E-state index in [1.165, 1.54) is 32.6 Å². The van der Waals surface area contributed by atoms with Crippen molar-refractivity contribution in [3.63, 3.8) is 0 Å². The molecule has 0 aliphatic heterocycles. The maximum absolute atomic E-state index is 6.64. The van der Waals surface area contributed by atoms with Crippen LogP contribution in [0.1, 0.15) is 0 Å². The summed E-state index contributed by atoms with van der Waals surface area (Å²) in [5.41, 5.74) is 16.1. The second-order valence-electron chi connectivity index (χ2n) is 18.8. The third kappa shape index (κ3) is 5.60. The van der Waals surface area contributed by atoms with Gasteiger partial charge in [0.1, 0.15) is 22.3 Å². The topological polar surface area (TPSA) is 61.9 Å². The Morgan fingerprint density at radius 3 is 1.85 bits per heavy atom. The molecule has 0 saturated carbocycles. The van der Waals surface area contributed by atoms with Crippen LogP contribution in [0.25, 0.3) is 154 Å². The fourth-order valence-electron chi connectivity index (χ4n) is 11.7. The van der Waals surface area contributed by atoms with Crippen molar-refractivity contribution < 1.29 is 8.83 Å². The molecule has 0 aliphatic carbocycles. The second-order valence-corrected chi connectivity index (χ2v) is 18.8. The molecule has 334 valence electrons. The SMILES string of the molecule is c1ccc(-n2c3ccccc3c3cc(-c4cccc5oc6ccc(-c7ccc8c(c7)c7c9ccccc9ccc7n8-c7nc(-c8cccc9c8oc8ccccc89)c8ccccc8n7)cc6c45)ccc32)cc1. The molecule has 0 aliphatic rings. The lowest BCUT2D eigenvalue weighted by molar-refractivity contribution is 0.669. The number of benzene rings is 11. The van der Waals surface area contributed by atoms with Crippen molar-refractivity contribution in [2.24, 2.45) is 0 Å². The Bertz CT molecular complexity index is 4940. The van der Waals surface area contributed by atoms with E-state index in [0.717, 1.165) is 116 Å². The summed E-state index contributed by atoms with van der Waals surface area (Å²) in [6.07, 6.45) is 0. The van der Waals surface area contributed by atoms with E-state index < -0.39 is 0 Å². The van der Waals surface area contributed by atoms with E-state index in [1.807, 2.05) is 18.2 Å². The molecule has 5 aromatic heterocycles. The Kier molecular flexibility index (Phi) is 8.07. The van der Waals surface area contributed by atoms with Crippen LogP contribution >= 0.6 is 0 Å². The first-order chi connectivity index (χ1) is 35.7. The summed E-state index contributed by atoms with van der Waals surface area (Å²) in [6, 6.07) is 82.0. The highest BCUT2D eigenvalue weighted by atomic mass is 16.3. The quantitative estimate of drug-likeness (QED) is 0.173. The number of aromatic nitrogens is 4. The van der Waals surface area contributed by atoms with E-state index in [0.29, 0.717) is 5.95 Å². The van der Waals surface area contributed by atoms with Gasteiger partial charge in [-0.1, -0.05) is 146 Å². The van der Waals surface area contributed by atoms with Gasteiger partial charge >= 0.3 is 0 Å². The maximum Gasteiger partial charge on any atom is 0.235 e. The molecular weight excluding hydrogens is 881 g/mol. The van der Waals surface area contributed by atoms with Gasteiger partial charge in [-0.25, -0.2) is 9.97 Å². The number of hydrogen-bond acceptors (Lipinski definition) is 4. The molecule has 0 radical (unpaired) electrons. The highest BCUT2D eigenvalue weighted by Crippen LogP contribution is 2.44. The average Bonchev–Trinajstić information content (AvgIpc) is 4.20. The van der Waals surface area contributed by atoms with Crippen LogP contribution in [0.3, 0.4) is 0 Å². The Labute approximate surface area is 410 Å². The maximum atomic E-state index is 6.64. The van der Waals surface area contributed by atoms with Crippen LogP contribution < -0.4 is 0 Å². The first kappa shape index (κ1) is 39.1. The zero-order valence-electron chi connectivity index (χ0n) is 38.5. The first-order valence-corrected chi connectivity index (χ1v) is 24.4. The standard InChI is InChI=1S/C66H38N4O2/c1-2-15-43(16-3-1)69-55-25-10-7-18-46(55)51-38-42(30-33-56(51)69)45-21-13-27-61-63(45)53-37-41(31-35-60(53)71-61)40-29-32-57-52(36-40)62-44-17-5-4-14-39(44)28-34-58(62)70(57)66-67-54-24-9-6-20-49(54)64(68-66)50-23-12-22-48-47-19-8-11-26-59(47)72-65(48)50/h1-38H. The molecule has 0 spiro atoms. The lowest BCUT2D eigenvalue weighted by Crippen LogP contribution is -2.03. The second kappa shape index (κ2) is 14.9. The normalized spacial score (nSPS) is 12.2. The highest BCUT2D eigenvalue weighted by molar-refractivity contribution is 6.22. The van der Waals surface area contributed by atoms with E-state index in [2.05, 4.69) is 221 Å². The number of fused-ring (bicyclic) bond motifs is 15. The van der Waals surface area contributed by atoms with Gasteiger partial charge in [-0.05, 0) is 118 Å². The molecule has 5 heterocycles. The zero-order valence-corrected chi connectivity index (χ0v) is 38.5. The number of nitrogens with zero attached hydrogens (tertiary/aromatic N) is 4. The summed E-state index contributed by atoms with van der Waals surface area (Å²) in [7, 11) is 0. The molecule has 11 aromatic carbocycles. The molecule has 6 nitrogen and oxygen atoms in total. The fourth-order valence-corrected chi connectivity index (χ4v) is 11.7. The molecular formula is C66H38N4O2. The summed E-state index contributed by atoms with van der Waals surface area (Å²) in [4.78, 5) is 10.8. The lowest BCUT2D eigenvalue weighted by Gasteiger charge is -2.12. The van der Waals surface area contributed by atoms with Gasteiger partial charge in [-0.15, -0.1) is 0 Å². The Hall–Kier alpha value is -9.78. The van der Waals surface area contributed by atoms with E-state index in [1.54, 1.807) is 0 Å². The summed E-state index contributed by atoms with van der Waals surface area (Å²) in [5, 5.41) is 12.4. The molecule has 6 heteroatoms. The third-order valence-corrected chi connectivity index (χ3v) is 14.9. The van der Waals surface area contributed by atoms with Crippen molar-refractivity contribution >= 4 is 109 Å². The van der Waals surface area contributed by atoms with E-state index in [9.17, 15) is 0 Å². The van der Waals surface area contributed by atoms with Crippen molar-refractivity contribution in [3.05, 3.63) is 231 Å². The van der Waals surface area contributed by atoms with E-state index >= 15 is 0 Å². The smallest absolute Gasteiger partial charge is 0.235 e. The lowest BCUT2D eigenvalue weighted by atomic mass is 9.96. The Morgan fingerprint density at radius 2 is 0.944 bits per heavy atom. The highest BCUT2D eigenvalue weighted by Gasteiger charge is 2.23. The van der Waals surface area contributed by atoms with E-state index in [-0.39, 0.29) is 0 Å². The summed E-state index contributed by atoms with van der Waals surface area (Å²) in [5.74, 6) is 0.599. The summed E-state index contributed by atoms with van der Waals surface area (Å²) in [6.45, 7) is 0. The fraction of sp³-hybridized carbons (Fsp3) is 0. The van der Waals surface area contributed by atoms with Crippen molar-refractivity contribution in [1.82, 2.24) is 19.1 Å². The van der Waals surface area contributed by atoms with Gasteiger partial charge in [-0.3, -0.25) is 4.57 Å². The minimum atomic E-state index is 0.599. The summed E-state index contributed by atoms with van der Waals surface area (Å²) < 4.78 is 17.8. The Morgan fingerprint density at radius 1 is 0.319 bits per heavy atom. The third-order valence-electron chi connectivity index (χ3n) is 14.9. The minimum absolute atomic E-state index is 0.599. The first-order valence-electron chi connectivity index (χ1n) is 24.4. The van der Waals surface area contributed by atoms with Gasteiger partial charge in [0.05, 0.1) is 33.3 Å². The minimum Gasteiger partial charge on any atom is -0.456 e.